The Morgan fingerprint density at radius 1 is 1.46 bits per heavy atom. The van der Waals surface area contributed by atoms with E-state index in [1.807, 2.05) is 12.1 Å². The van der Waals surface area contributed by atoms with E-state index in [4.69, 9.17) is 26.5 Å². The molecule has 0 saturated carbocycles. The zero-order valence-electron chi connectivity index (χ0n) is 13.8. The summed E-state index contributed by atoms with van der Waals surface area (Å²) in [4.78, 5) is 14.5. The van der Waals surface area contributed by atoms with Gasteiger partial charge in [0, 0.05) is 19.2 Å². The van der Waals surface area contributed by atoms with Gasteiger partial charge in [0.05, 0.1) is 36.2 Å². The predicted molar refractivity (Wildman–Crippen MR) is 94.4 cm³/mol. The number of carbonyl (C=O) groups excluding carboxylic acids is 1. The van der Waals surface area contributed by atoms with Crippen molar-refractivity contribution in [3.05, 3.63) is 46.9 Å². The third kappa shape index (κ3) is 4.66. The molecule has 1 amide bonds. The van der Waals surface area contributed by atoms with Crippen molar-refractivity contribution in [1.29, 1.82) is 0 Å². The predicted octanol–water partition coefficient (Wildman–Crippen LogP) is 2.78. The molecule has 0 unspecified atom stereocenters. The van der Waals surface area contributed by atoms with Crippen molar-refractivity contribution in [2.45, 2.75) is 13.5 Å². The van der Waals surface area contributed by atoms with Crippen molar-refractivity contribution >= 4 is 23.2 Å². The van der Waals surface area contributed by atoms with Crippen LogP contribution in [0.15, 0.2) is 34.9 Å². The van der Waals surface area contributed by atoms with Gasteiger partial charge in [0.1, 0.15) is 11.5 Å². The Bertz CT molecular complexity index is 674. The maximum absolute atomic E-state index is 12.3. The number of likely N-dealkylation sites (N-methyl/N-ethyl adjacent to an activating group) is 1. The summed E-state index contributed by atoms with van der Waals surface area (Å²) in [5.74, 6) is 1.05. The van der Waals surface area contributed by atoms with Crippen molar-refractivity contribution in [3.8, 4) is 5.75 Å². The summed E-state index contributed by atoms with van der Waals surface area (Å²) in [5, 5.41) is 3.20. The number of hydrogen-bond acceptors (Lipinski definition) is 5. The molecule has 1 heterocycles. The number of nitrogen functional groups attached to an aromatic ring is 1. The van der Waals surface area contributed by atoms with Crippen LogP contribution in [0.2, 0.25) is 5.02 Å². The van der Waals surface area contributed by atoms with Crippen molar-refractivity contribution in [2.24, 2.45) is 0 Å². The van der Waals surface area contributed by atoms with Crippen molar-refractivity contribution in [1.82, 2.24) is 10.2 Å². The number of furan rings is 1. The van der Waals surface area contributed by atoms with E-state index in [-0.39, 0.29) is 5.91 Å². The number of nitrogens with one attached hydrogen (secondary N) is 1. The van der Waals surface area contributed by atoms with Crippen LogP contribution in [0.25, 0.3) is 0 Å². The number of rotatable bonds is 8. The Morgan fingerprint density at radius 3 is 2.88 bits per heavy atom. The lowest BCUT2D eigenvalue weighted by Crippen LogP contribution is -2.34. The molecule has 130 valence electrons. The molecule has 0 aliphatic rings. The van der Waals surface area contributed by atoms with E-state index in [0.29, 0.717) is 41.7 Å². The van der Waals surface area contributed by atoms with Gasteiger partial charge in [-0.15, -0.1) is 0 Å². The van der Waals surface area contributed by atoms with Crippen LogP contribution in [0.1, 0.15) is 23.0 Å². The van der Waals surface area contributed by atoms with Gasteiger partial charge in [-0.1, -0.05) is 18.5 Å². The van der Waals surface area contributed by atoms with Crippen LogP contribution >= 0.6 is 11.6 Å². The SMILES string of the molecule is CCN(CCNC(=O)c1cc(Cl)c(N)cc1OC)Cc1ccco1. The van der Waals surface area contributed by atoms with Gasteiger partial charge < -0.3 is 20.2 Å². The molecule has 0 fully saturated rings. The lowest BCUT2D eigenvalue weighted by Gasteiger charge is -2.19. The highest BCUT2D eigenvalue weighted by molar-refractivity contribution is 6.33. The Labute approximate surface area is 146 Å². The van der Waals surface area contributed by atoms with E-state index in [9.17, 15) is 4.79 Å². The molecule has 7 heteroatoms. The number of ether oxygens (including phenoxy) is 1. The average molecular weight is 352 g/mol. The first-order chi connectivity index (χ1) is 11.5. The Hall–Kier alpha value is -2.18. The molecule has 0 bridgehead atoms. The Morgan fingerprint density at radius 2 is 2.25 bits per heavy atom. The van der Waals surface area contributed by atoms with E-state index in [2.05, 4.69) is 17.1 Å². The van der Waals surface area contributed by atoms with Gasteiger partial charge in [-0.3, -0.25) is 9.69 Å². The van der Waals surface area contributed by atoms with Crippen molar-refractivity contribution < 1.29 is 13.9 Å². The summed E-state index contributed by atoms with van der Waals surface area (Å²) in [6.07, 6.45) is 1.65. The van der Waals surface area contributed by atoms with Crippen LogP contribution in [-0.4, -0.2) is 37.6 Å². The first-order valence-corrected chi connectivity index (χ1v) is 8.08. The van der Waals surface area contributed by atoms with Gasteiger partial charge in [-0.25, -0.2) is 0 Å². The highest BCUT2D eigenvalue weighted by atomic mass is 35.5. The lowest BCUT2D eigenvalue weighted by atomic mass is 10.1. The third-order valence-electron chi connectivity index (χ3n) is 3.68. The van der Waals surface area contributed by atoms with Crippen LogP contribution in [0, 0.1) is 0 Å². The van der Waals surface area contributed by atoms with Crippen molar-refractivity contribution in [2.75, 3.05) is 32.5 Å². The Kier molecular flexibility index (Phi) is 6.52. The Balaban J connectivity index is 1.92. The molecule has 1 aromatic carbocycles. The first-order valence-electron chi connectivity index (χ1n) is 7.71. The number of methoxy groups -OCH3 is 1. The highest BCUT2D eigenvalue weighted by Crippen LogP contribution is 2.28. The molecule has 2 rings (SSSR count). The highest BCUT2D eigenvalue weighted by Gasteiger charge is 2.15. The molecule has 0 saturated heterocycles. The molecular formula is C17H22ClN3O3. The molecule has 2 aromatic rings. The van der Waals surface area contributed by atoms with E-state index in [1.54, 1.807) is 12.3 Å². The van der Waals surface area contributed by atoms with Crippen molar-refractivity contribution in [3.63, 3.8) is 0 Å². The number of nitrogens with zero attached hydrogens (tertiary/aromatic N) is 1. The second-order valence-corrected chi connectivity index (χ2v) is 5.69. The summed E-state index contributed by atoms with van der Waals surface area (Å²) in [6, 6.07) is 6.86. The largest absolute Gasteiger partial charge is 0.496 e. The van der Waals surface area contributed by atoms with Crippen LogP contribution in [0.3, 0.4) is 0 Å². The van der Waals surface area contributed by atoms with E-state index >= 15 is 0 Å². The molecule has 24 heavy (non-hydrogen) atoms. The smallest absolute Gasteiger partial charge is 0.255 e. The number of amides is 1. The van der Waals surface area contributed by atoms with Gasteiger partial charge >= 0.3 is 0 Å². The molecule has 1 aromatic heterocycles. The molecule has 0 atom stereocenters. The monoisotopic (exact) mass is 351 g/mol. The minimum absolute atomic E-state index is 0.247. The zero-order chi connectivity index (χ0) is 17.5. The fraction of sp³-hybridized carbons (Fsp3) is 0.353. The van der Waals surface area contributed by atoms with Gasteiger partial charge in [-0.05, 0) is 24.7 Å². The zero-order valence-corrected chi connectivity index (χ0v) is 14.6. The topological polar surface area (TPSA) is 80.7 Å². The number of carbonyl (C=O) groups is 1. The van der Waals surface area contributed by atoms with Gasteiger partial charge in [0.15, 0.2) is 0 Å². The van der Waals surface area contributed by atoms with E-state index in [1.165, 1.54) is 13.2 Å². The number of benzene rings is 1. The summed E-state index contributed by atoms with van der Waals surface area (Å²) < 4.78 is 10.5. The average Bonchev–Trinajstić information content (AvgIpc) is 3.08. The van der Waals surface area contributed by atoms with Crippen LogP contribution in [-0.2, 0) is 6.54 Å². The number of hydrogen-bond donors (Lipinski definition) is 2. The molecule has 6 nitrogen and oxygen atoms in total. The van der Waals surface area contributed by atoms with Crippen LogP contribution in [0.4, 0.5) is 5.69 Å². The standard InChI is InChI=1S/C17H22ClN3O3/c1-3-21(11-12-5-4-8-24-12)7-6-20-17(22)13-9-14(18)15(19)10-16(13)23-2/h4-5,8-10H,3,6-7,11,19H2,1-2H3,(H,20,22). The molecule has 0 spiro atoms. The van der Waals surface area contributed by atoms with E-state index in [0.717, 1.165) is 12.3 Å². The molecule has 0 radical (unpaired) electrons. The number of halogens is 1. The molecule has 3 N–H and O–H groups in total. The quantitative estimate of drug-likeness (QED) is 0.715. The fourth-order valence-corrected chi connectivity index (χ4v) is 2.47. The minimum atomic E-state index is -0.247. The van der Waals surface area contributed by atoms with Crippen LogP contribution < -0.4 is 15.8 Å². The summed E-state index contributed by atoms with van der Waals surface area (Å²) in [6.45, 7) is 4.82. The molecular weight excluding hydrogens is 330 g/mol. The second-order valence-electron chi connectivity index (χ2n) is 5.28. The lowest BCUT2D eigenvalue weighted by molar-refractivity contribution is 0.0944. The summed E-state index contributed by atoms with van der Waals surface area (Å²) >= 11 is 5.99. The maximum Gasteiger partial charge on any atom is 0.255 e. The fourth-order valence-electron chi connectivity index (χ4n) is 2.31. The third-order valence-corrected chi connectivity index (χ3v) is 4.01. The number of nitrogens with two attached hydrogens (primary N) is 1. The minimum Gasteiger partial charge on any atom is -0.496 e. The van der Waals surface area contributed by atoms with Crippen LogP contribution in [0.5, 0.6) is 5.75 Å². The maximum atomic E-state index is 12.3. The van der Waals surface area contributed by atoms with Gasteiger partial charge in [0.25, 0.3) is 5.91 Å². The first kappa shape index (κ1) is 18.2. The number of anilines is 1. The molecule has 0 aliphatic heterocycles. The summed E-state index contributed by atoms with van der Waals surface area (Å²) in [5.41, 5.74) is 6.47. The second kappa shape index (κ2) is 8.61. The van der Waals surface area contributed by atoms with Gasteiger partial charge in [-0.2, -0.15) is 0 Å². The van der Waals surface area contributed by atoms with E-state index < -0.39 is 0 Å². The normalized spacial score (nSPS) is 10.8. The molecule has 0 aliphatic carbocycles. The summed E-state index contributed by atoms with van der Waals surface area (Å²) in [7, 11) is 1.49. The van der Waals surface area contributed by atoms with Gasteiger partial charge in [0.2, 0.25) is 0 Å².